The van der Waals surface area contributed by atoms with Gasteiger partial charge in [0.15, 0.2) is 12.2 Å². The van der Waals surface area contributed by atoms with Crippen LogP contribution in [0.2, 0.25) is 0 Å². The van der Waals surface area contributed by atoms with Crippen LogP contribution in [0.25, 0.3) is 0 Å². The molecule has 19 heteroatoms. The zero-order valence-electron chi connectivity index (χ0n) is 66.2. The maximum atomic E-state index is 13.1. The van der Waals surface area contributed by atoms with Crippen LogP contribution in [0, 0.1) is 11.8 Å². The smallest absolute Gasteiger partial charge is 0.462 e. The summed E-state index contributed by atoms with van der Waals surface area (Å²) in [6, 6.07) is 0. The summed E-state index contributed by atoms with van der Waals surface area (Å²) in [5, 5.41) is 10.6. The molecule has 0 aromatic rings. The highest BCUT2D eigenvalue weighted by molar-refractivity contribution is 7.47. The van der Waals surface area contributed by atoms with Crippen molar-refractivity contribution in [2.24, 2.45) is 11.8 Å². The van der Waals surface area contributed by atoms with E-state index in [1.807, 2.05) is 0 Å². The van der Waals surface area contributed by atoms with Gasteiger partial charge in [0.05, 0.1) is 26.4 Å². The van der Waals surface area contributed by atoms with Gasteiger partial charge >= 0.3 is 39.5 Å². The number of esters is 4. The Morgan fingerprint density at radius 2 is 0.505 bits per heavy atom. The topological polar surface area (TPSA) is 237 Å². The van der Waals surface area contributed by atoms with Crippen molar-refractivity contribution in [3.05, 3.63) is 0 Å². The number of carbonyl (C=O) groups excluding carboxylic acids is 4. The lowest BCUT2D eigenvalue weighted by Gasteiger charge is -2.21. The largest absolute Gasteiger partial charge is 0.472 e. The fourth-order valence-corrected chi connectivity index (χ4v) is 14.3. The van der Waals surface area contributed by atoms with Crippen molar-refractivity contribution >= 4 is 39.5 Å². The lowest BCUT2D eigenvalue weighted by molar-refractivity contribution is -0.161. The van der Waals surface area contributed by atoms with Crippen molar-refractivity contribution in [2.45, 2.75) is 452 Å². The van der Waals surface area contributed by atoms with Gasteiger partial charge in [-0.2, -0.15) is 0 Å². The molecule has 0 saturated heterocycles. The van der Waals surface area contributed by atoms with E-state index in [0.717, 1.165) is 102 Å². The molecule has 0 amide bonds. The van der Waals surface area contributed by atoms with Crippen molar-refractivity contribution in [1.29, 1.82) is 0 Å². The van der Waals surface area contributed by atoms with Crippen molar-refractivity contribution in [1.82, 2.24) is 0 Å². The summed E-state index contributed by atoms with van der Waals surface area (Å²) in [7, 11) is -9.92. The third kappa shape index (κ3) is 74.7. The average Bonchev–Trinajstić information content (AvgIpc) is 1.10. The number of hydrogen-bond donors (Lipinski definition) is 3. The van der Waals surface area contributed by atoms with E-state index >= 15 is 0 Å². The summed E-state index contributed by atoms with van der Waals surface area (Å²) in [4.78, 5) is 73.0. The Morgan fingerprint density at radius 1 is 0.287 bits per heavy atom. The fraction of sp³-hybridized carbons (Fsp3) is 0.951. The van der Waals surface area contributed by atoms with Crippen LogP contribution < -0.4 is 0 Å². The molecule has 17 nitrogen and oxygen atoms in total. The minimum Gasteiger partial charge on any atom is -0.462 e. The average molecular weight is 1480 g/mol. The lowest BCUT2D eigenvalue weighted by Crippen LogP contribution is -2.30. The molecule has 0 aromatic carbocycles. The van der Waals surface area contributed by atoms with Gasteiger partial charge in [-0.15, -0.1) is 0 Å². The molecule has 0 fully saturated rings. The number of rotatable bonds is 81. The van der Waals surface area contributed by atoms with Gasteiger partial charge in [-0.1, -0.05) is 382 Å². The summed E-state index contributed by atoms with van der Waals surface area (Å²) in [6.07, 6.45) is 64.0. The van der Waals surface area contributed by atoms with Crippen LogP contribution >= 0.6 is 15.6 Å². The molecule has 0 aliphatic rings. The number of phosphoric acid groups is 2. The molecule has 0 heterocycles. The van der Waals surface area contributed by atoms with Crippen LogP contribution in [0.3, 0.4) is 0 Å². The Bertz CT molecular complexity index is 1940. The van der Waals surface area contributed by atoms with Gasteiger partial charge in [0.25, 0.3) is 0 Å². The van der Waals surface area contributed by atoms with Crippen LogP contribution in [0.15, 0.2) is 0 Å². The van der Waals surface area contributed by atoms with Gasteiger partial charge in [0.2, 0.25) is 0 Å². The Labute approximate surface area is 619 Å². The Hall–Kier alpha value is -1.94. The van der Waals surface area contributed by atoms with E-state index in [2.05, 4.69) is 41.5 Å². The van der Waals surface area contributed by atoms with Gasteiger partial charge in [-0.05, 0) is 37.5 Å². The SMILES string of the molecule is CCCCCCCCCCCCCCCCCCCCC(=O)OC[C@H](COP(=O)(O)OC[C@@H](O)COP(=O)(O)OC[C@@H](COC(=O)CCCCCCCCC(C)C)OC(=O)CCCCCCCCCCCCCC)OC(=O)CCCCCCCCCCCCCCCCCCCCC(C)CC. The Morgan fingerprint density at radius 3 is 0.752 bits per heavy atom. The second kappa shape index (κ2) is 73.6. The first-order chi connectivity index (χ1) is 48.9. The molecule has 0 aromatic heterocycles. The molecule has 0 aliphatic carbocycles. The molecule has 0 radical (unpaired) electrons. The molecule has 0 aliphatic heterocycles. The molecule has 600 valence electrons. The van der Waals surface area contributed by atoms with E-state index in [1.165, 1.54) is 244 Å². The zero-order valence-corrected chi connectivity index (χ0v) is 68.0. The van der Waals surface area contributed by atoms with Crippen LogP contribution in [-0.4, -0.2) is 96.7 Å². The molecule has 0 saturated carbocycles. The predicted octanol–water partition coefficient (Wildman–Crippen LogP) is 24.7. The van der Waals surface area contributed by atoms with Crippen molar-refractivity contribution < 1.29 is 80.2 Å². The maximum Gasteiger partial charge on any atom is 0.472 e. The van der Waals surface area contributed by atoms with E-state index in [-0.39, 0.29) is 25.7 Å². The molecule has 0 spiro atoms. The molecule has 0 bridgehead atoms. The second-order valence-corrected chi connectivity index (χ2v) is 33.1. The highest BCUT2D eigenvalue weighted by Crippen LogP contribution is 2.45. The zero-order chi connectivity index (χ0) is 74.2. The molecule has 6 atom stereocenters. The summed E-state index contributed by atoms with van der Waals surface area (Å²) < 4.78 is 68.7. The normalized spacial score (nSPS) is 14.2. The minimum atomic E-state index is -4.96. The van der Waals surface area contributed by atoms with Gasteiger partial charge in [0.1, 0.15) is 19.3 Å². The number of aliphatic hydroxyl groups excluding tert-OH is 1. The number of ether oxygens (including phenoxy) is 4. The van der Waals surface area contributed by atoms with Gasteiger partial charge in [-0.3, -0.25) is 37.3 Å². The summed E-state index contributed by atoms with van der Waals surface area (Å²) in [5.74, 6) is -0.559. The standard InChI is InChI=1S/C82H160O17P2/c1-7-10-12-14-16-18-20-22-23-24-28-31-34-38-41-45-52-58-64-79(84)92-70-77(98-82(87)67-61-55-47-43-39-35-32-29-26-25-27-30-33-36-40-44-51-57-63-75(6)9-3)72-96-100(88,89)94-68-76(83)69-95-101(90,91)97-73-78(71-93-80(85)65-59-53-49-48-50-56-62-74(4)5)99-81(86)66-60-54-46-42-37-21-19-17-15-13-11-8-2/h74-78,83H,7-73H2,1-6H3,(H,88,89)(H,90,91)/t75?,76-,77-,78-/m1/s1. The first-order valence-corrected chi connectivity index (χ1v) is 45.5. The first kappa shape index (κ1) is 99.1. The first-order valence-electron chi connectivity index (χ1n) is 42.5. The van der Waals surface area contributed by atoms with Crippen LogP contribution in [0.5, 0.6) is 0 Å². The fourth-order valence-electron chi connectivity index (χ4n) is 12.7. The third-order valence-electron chi connectivity index (χ3n) is 19.6. The Kier molecular flexibility index (Phi) is 72.2. The highest BCUT2D eigenvalue weighted by atomic mass is 31.2. The molecule has 0 rings (SSSR count). The van der Waals surface area contributed by atoms with Gasteiger partial charge in [0, 0.05) is 25.7 Å². The number of aliphatic hydroxyl groups is 1. The van der Waals surface area contributed by atoms with Crippen molar-refractivity contribution in [2.75, 3.05) is 39.6 Å². The van der Waals surface area contributed by atoms with Gasteiger partial charge in [-0.25, -0.2) is 9.13 Å². The third-order valence-corrected chi connectivity index (χ3v) is 21.5. The van der Waals surface area contributed by atoms with Crippen LogP contribution in [0.1, 0.15) is 433 Å². The summed E-state index contributed by atoms with van der Waals surface area (Å²) in [5.41, 5.74) is 0. The van der Waals surface area contributed by atoms with Gasteiger partial charge < -0.3 is 33.8 Å². The van der Waals surface area contributed by atoms with E-state index in [1.54, 1.807) is 0 Å². The summed E-state index contributed by atoms with van der Waals surface area (Å²) >= 11 is 0. The number of carbonyl (C=O) groups is 4. The van der Waals surface area contributed by atoms with E-state index in [0.29, 0.717) is 31.6 Å². The molecule has 3 N–H and O–H groups in total. The maximum absolute atomic E-state index is 13.1. The minimum absolute atomic E-state index is 0.107. The van der Waals surface area contributed by atoms with E-state index in [4.69, 9.17) is 37.0 Å². The lowest BCUT2D eigenvalue weighted by atomic mass is 9.99. The summed E-state index contributed by atoms with van der Waals surface area (Å²) in [6.45, 7) is 9.62. The highest BCUT2D eigenvalue weighted by Gasteiger charge is 2.30. The molecular formula is C82H160O17P2. The quantitative estimate of drug-likeness (QED) is 0.0222. The second-order valence-electron chi connectivity index (χ2n) is 30.2. The predicted molar refractivity (Wildman–Crippen MR) is 414 cm³/mol. The molecular weight excluding hydrogens is 1320 g/mol. The van der Waals surface area contributed by atoms with E-state index < -0.39 is 97.5 Å². The van der Waals surface area contributed by atoms with E-state index in [9.17, 15) is 43.2 Å². The number of hydrogen-bond acceptors (Lipinski definition) is 15. The monoisotopic (exact) mass is 1480 g/mol. The van der Waals surface area contributed by atoms with Crippen molar-refractivity contribution in [3.8, 4) is 0 Å². The van der Waals surface area contributed by atoms with Crippen molar-refractivity contribution in [3.63, 3.8) is 0 Å². The molecule has 101 heavy (non-hydrogen) atoms. The van der Waals surface area contributed by atoms with Crippen LogP contribution in [0.4, 0.5) is 0 Å². The number of phosphoric ester groups is 2. The van der Waals surface area contributed by atoms with Crippen LogP contribution in [-0.2, 0) is 65.4 Å². The molecule has 3 unspecified atom stereocenters. The Balaban J connectivity index is 5.19. The number of unbranched alkanes of at least 4 members (excludes halogenated alkanes) is 50.